The van der Waals surface area contributed by atoms with Gasteiger partial charge in [0.1, 0.15) is 6.54 Å². The highest BCUT2D eigenvalue weighted by molar-refractivity contribution is 7.91. The molecule has 1 aliphatic rings. The number of hydrogen-bond acceptors (Lipinski definition) is 4. The first-order chi connectivity index (χ1) is 11.4. The van der Waals surface area contributed by atoms with Gasteiger partial charge in [-0.25, -0.2) is 13.2 Å². The van der Waals surface area contributed by atoms with Crippen LogP contribution in [0.5, 0.6) is 0 Å². The molecule has 1 heterocycles. The van der Waals surface area contributed by atoms with E-state index in [1.807, 2.05) is 37.3 Å². The Bertz CT molecular complexity index is 673. The number of hydrogen-bond donors (Lipinski definition) is 1. The highest BCUT2D eigenvalue weighted by atomic mass is 32.2. The molecule has 132 valence electrons. The Morgan fingerprint density at radius 3 is 2.46 bits per heavy atom. The molecule has 6 nitrogen and oxygen atoms in total. The van der Waals surface area contributed by atoms with Gasteiger partial charge < -0.3 is 4.90 Å². The molecule has 1 atom stereocenters. The van der Waals surface area contributed by atoms with Crippen LogP contribution in [0.1, 0.15) is 37.7 Å². The minimum atomic E-state index is -3.10. The molecule has 1 fully saturated rings. The van der Waals surface area contributed by atoms with Gasteiger partial charge in [-0.1, -0.05) is 43.7 Å². The molecular formula is C17H24N2O4S. The van der Waals surface area contributed by atoms with Crippen molar-refractivity contribution < 1.29 is 18.0 Å². The molecule has 0 unspecified atom stereocenters. The van der Waals surface area contributed by atoms with E-state index >= 15 is 0 Å². The van der Waals surface area contributed by atoms with E-state index in [0.717, 1.165) is 12.0 Å². The Morgan fingerprint density at radius 1 is 1.12 bits per heavy atom. The van der Waals surface area contributed by atoms with E-state index < -0.39 is 9.84 Å². The van der Waals surface area contributed by atoms with Crippen molar-refractivity contribution >= 4 is 21.8 Å². The first-order valence-electron chi connectivity index (χ1n) is 8.21. The van der Waals surface area contributed by atoms with Crippen molar-refractivity contribution in [3.8, 4) is 0 Å². The molecule has 1 N–H and O–H groups in total. The first kappa shape index (κ1) is 18.4. The summed E-state index contributed by atoms with van der Waals surface area (Å²) in [6.07, 6.45) is 1.99. The molecule has 1 aliphatic heterocycles. The lowest BCUT2D eigenvalue weighted by Gasteiger charge is -2.14. The zero-order chi connectivity index (χ0) is 17.6. The van der Waals surface area contributed by atoms with Gasteiger partial charge in [0.05, 0.1) is 11.5 Å². The summed E-state index contributed by atoms with van der Waals surface area (Å²) >= 11 is 0. The number of benzene rings is 1. The predicted octanol–water partition coefficient (Wildman–Crippen LogP) is 1.93. The number of sulfone groups is 1. The number of unbranched alkanes of at least 4 members (excludes halogenated alkanes) is 2. The molecule has 7 heteroatoms. The molecule has 0 saturated carbocycles. The molecule has 24 heavy (non-hydrogen) atoms. The highest BCUT2D eigenvalue weighted by Crippen LogP contribution is 2.17. The highest BCUT2D eigenvalue weighted by Gasteiger charge is 2.25. The number of imide groups is 1. The summed E-state index contributed by atoms with van der Waals surface area (Å²) in [5.41, 5.74) is 1.03. The van der Waals surface area contributed by atoms with Crippen molar-refractivity contribution in [2.75, 3.05) is 24.6 Å². The maximum absolute atomic E-state index is 12.2. The Hall–Kier alpha value is -1.89. The van der Waals surface area contributed by atoms with Gasteiger partial charge >= 0.3 is 6.03 Å². The normalized spacial score (nSPS) is 16.3. The lowest BCUT2D eigenvalue weighted by molar-refractivity contribution is -0.118. The summed E-state index contributed by atoms with van der Waals surface area (Å²) in [4.78, 5) is 23.9. The Balaban J connectivity index is 1.67. The minimum absolute atomic E-state index is 0.0180. The predicted molar refractivity (Wildman–Crippen MR) is 92.5 cm³/mol. The minimum Gasteiger partial charge on any atom is -0.315 e. The van der Waals surface area contributed by atoms with E-state index in [1.165, 1.54) is 4.90 Å². The van der Waals surface area contributed by atoms with Crippen molar-refractivity contribution in [2.45, 2.75) is 32.1 Å². The van der Waals surface area contributed by atoms with Gasteiger partial charge in [-0.3, -0.25) is 10.1 Å². The van der Waals surface area contributed by atoms with Gasteiger partial charge in [0, 0.05) is 6.54 Å². The van der Waals surface area contributed by atoms with E-state index in [9.17, 15) is 18.0 Å². The van der Waals surface area contributed by atoms with Crippen LogP contribution >= 0.6 is 0 Å². The third-order valence-corrected chi connectivity index (χ3v) is 6.04. The quantitative estimate of drug-likeness (QED) is 0.544. The Morgan fingerprint density at radius 2 is 1.83 bits per heavy atom. The second-order valence-corrected chi connectivity index (χ2v) is 8.49. The van der Waals surface area contributed by atoms with Crippen molar-refractivity contribution in [1.82, 2.24) is 10.2 Å². The number of nitrogens with zero attached hydrogens (tertiary/aromatic N) is 1. The van der Waals surface area contributed by atoms with Crippen molar-refractivity contribution in [2.24, 2.45) is 0 Å². The van der Waals surface area contributed by atoms with Crippen LogP contribution in [0.15, 0.2) is 30.3 Å². The van der Waals surface area contributed by atoms with Gasteiger partial charge in [-0.05, 0) is 24.3 Å². The zero-order valence-electron chi connectivity index (χ0n) is 13.9. The van der Waals surface area contributed by atoms with Crippen LogP contribution in [-0.4, -0.2) is 49.9 Å². The SMILES string of the molecule is C[C@@H](CS(=O)(=O)CCCCCN1CC(=O)NC1=O)c1ccccc1. The van der Waals surface area contributed by atoms with Crippen LogP contribution in [0.4, 0.5) is 4.79 Å². The van der Waals surface area contributed by atoms with Crippen molar-refractivity contribution in [1.29, 1.82) is 0 Å². The molecule has 1 aromatic carbocycles. The average Bonchev–Trinajstić information content (AvgIpc) is 2.85. The maximum atomic E-state index is 12.2. The van der Waals surface area contributed by atoms with E-state index in [-0.39, 0.29) is 35.9 Å². The second-order valence-electron chi connectivity index (χ2n) is 6.26. The Labute approximate surface area is 143 Å². The molecule has 0 bridgehead atoms. The van der Waals surface area contributed by atoms with Crippen LogP contribution in [0.3, 0.4) is 0 Å². The van der Waals surface area contributed by atoms with Gasteiger partial charge in [0.25, 0.3) is 0 Å². The fraction of sp³-hybridized carbons (Fsp3) is 0.529. The monoisotopic (exact) mass is 352 g/mol. The van der Waals surface area contributed by atoms with Gasteiger partial charge in [-0.2, -0.15) is 0 Å². The van der Waals surface area contributed by atoms with Crippen LogP contribution in [-0.2, 0) is 14.6 Å². The van der Waals surface area contributed by atoms with E-state index in [2.05, 4.69) is 5.32 Å². The zero-order valence-corrected chi connectivity index (χ0v) is 14.7. The van der Waals surface area contributed by atoms with E-state index in [4.69, 9.17) is 0 Å². The molecule has 1 aromatic rings. The first-order valence-corrected chi connectivity index (χ1v) is 10.0. The van der Waals surface area contributed by atoms with Crippen LogP contribution in [0, 0.1) is 0 Å². The number of urea groups is 1. The average molecular weight is 352 g/mol. The van der Waals surface area contributed by atoms with E-state index in [0.29, 0.717) is 19.4 Å². The molecule has 1 saturated heterocycles. The van der Waals surface area contributed by atoms with Gasteiger partial charge in [0.15, 0.2) is 9.84 Å². The van der Waals surface area contributed by atoms with Gasteiger partial charge in [-0.15, -0.1) is 0 Å². The standard InChI is InChI=1S/C17H24N2O4S/c1-14(15-8-4-2-5-9-15)13-24(22,23)11-7-3-6-10-19-12-16(20)18-17(19)21/h2,4-5,8-9,14H,3,6-7,10-13H2,1H3,(H,18,20,21)/t14-/m0/s1. The number of carbonyl (C=O) groups is 2. The third-order valence-electron chi connectivity index (χ3n) is 4.12. The molecule has 0 radical (unpaired) electrons. The molecule has 0 aromatic heterocycles. The number of rotatable bonds is 9. The lowest BCUT2D eigenvalue weighted by atomic mass is 10.0. The molecule has 0 aliphatic carbocycles. The number of amides is 3. The fourth-order valence-corrected chi connectivity index (χ4v) is 4.57. The molecular weight excluding hydrogens is 328 g/mol. The summed E-state index contributed by atoms with van der Waals surface area (Å²) in [6, 6.07) is 9.28. The number of nitrogens with one attached hydrogen (secondary N) is 1. The molecule has 3 amide bonds. The largest absolute Gasteiger partial charge is 0.324 e. The lowest BCUT2D eigenvalue weighted by Crippen LogP contribution is -2.29. The second kappa shape index (κ2) is 8.28. The Kier molecular flexibility index (Phi) is 6.36. The topological polar surface area (TPSA) is 83.6 Å². The van der Waals surface area contributed by atoms with Crippen LogP contribution < -0.4 is 5.32 Å². The van der Waals surface area contributed by atoms with Crippen molar-refractivity contribution in [3.05, 3.63) is 35.9 Å². The number of carbonyl (C=O) groups excluding carboxylic acids is 2. The smallest absolute Gasteiger partial charge is 0.315 e. The summed E-state index contributed by atoms with van der Waals surface area (Å²) in [5.74, 6) is 0.0167. The van der Waals surface area contributed by atoms with E-state index in [1.54, 1.807) is 0 Å². The maximum Gasteiger partial charge on any atom is 0.324 e. The van der Waals surface area contributed by atoms with Crippen molar-refractivity contribution in [3.63, 3.8) is 0 Å². The van der Waals surface area contributed by atoms with Crippen LogP contribution in [0.2, 0.25) is 0 Å². The summed E-state index contributed by atoms with van der Waals surface area (Å²) < 4.78 is 24.4. The summed E-state index contributed by atoms with van der Waals surface area (Å²) in [6.45, 7) is 2.51. The molecule has 2 rings (SSSR count). The fourth-order valence-electron chi connectivity index (χ4n) is 2.81. The summed E-state index contributed by atoms with van der Waals surface area (Å²) in [7, 11) is -3.10. The van der Waals surface area contributed by atoms with Crippen LogP contribution in [0.25, 0.3) is 0 Å². The third kappa shape index (κ3) is 5.63. The van der Waals surface area contributed by atoms with Gasteiger partial charge in [0.2, 0.25) is 5.91 Å². The summed E-state index contributed by atoms with van der Waals surface area (Å²) in [5, 5.41) is 2.22. The molecule has 0 spiro atoms.